The van der Waals surface area contributed by atoms with E-state index in [1.807, 2.05) is 20.8 Å². The summed E-state index contributed by atoms with van der Waals surface area (Å²) in [7, 11) is 0. The van der Waals surface area contributed by atoms with E-state index in [-0.39, 0.29) is 5.97 Å². The van der Waals surface area contributed by atoms with E-state index in [1.165, 1.54) is 0 Å². The number of hydrogen-bond donors (Lipinski definition) is 1. The van der Waals surface area contributed by atoms with E-state index in [4.69, 9.17) is 4.74 Å². The standard InChI is InChI=1S/C14H30N2O2/c1-7-15-14(6,13(17)18-10-4)11-12(5)16(8-2)9-3/h12,15H,7-11H2,1-6H3. The van der Waals surface area contributed by atoms with Gasteiger partial charge in [-0.05, 0) is 46.8 Å². The van der Waals surface area contributed by atoms with Gasteiger partial charge in [0.1, 0.15) is 5.54 Å². The fourth-order valence-corrected chi connectivity index (χ4v) is 2.48. The lowest BCUT2D eigenvalue weighted by Crippen LogP contribution is -2.54. The Morgan fingerprint density at radius 1 is 1.28 bits per heavy atom. The molecule has 0 heterocycles. The molecular weight excluding hydrogens is 228 g/mol. The average molecular weight is 258 g/mol. The molecule has 2 unspecified atom stereocenters. The number of esters is 1. The molecule has 4 heteroatoms. The van der Waals surface area contributed by atoms with Crippen LogP contribution in [-0.2, 0) is 9.53 Å². The first-order valence-electron chi connectivity index (χ1n) is 7.11. The van der Waals surface area contributed by atoms with Gasteiger partial charge in [-0.3, -0.25) is 4.79 Å². The lowest BCUT2D eigenvalue weighted by molar-refractivity contribution is -0.151. The molecule has 108 valence electrons. The van der Waals surface area contributed by atoms with Crippen LogP contribution in [0.2, 0.25) is 0 Å². The summed E-state index contributed by atoms with van der Waals surface area (Å²) in [4.78, 5) is 14.4. The summed E-state index contributed by atoms with van der Waals surface area (Å²) in [5.41, 5.74) is -0.591. The van der Waals surface area contributed by atoms with Crippen molar-refractivity contribution < 1.29 is 9.53 Å². The molecule has 0 fully saturated rings. The number of nitrogens with one attached hydrogen (secondary N) is 1. The Bertz CT molecular complexity index is 242. The fourth-order valence-electron chi connectivity index (χ4n) is 2.48. The second kappa shape index (κ2) is 8.48. The zero-order chi connectivity index (χ0) is 14.2. The quantitative estimate of drug-likeness (QED) is 0.643. The minimum atomic E-state index is -0.591. The third-order valence-corrected chi connectivity index (χ3v) is 3.43. The van der Waals surface area contributed by atoms with Crippen molar-refractivity contribution in [2.24, 2.45) is 0 Å². The highest BCUT2D eigenvalue weighted by molar-refractivity contribution is 5.80. The van der Waals surface area contributed by atoms with Crippen molar-refractivity contribution in [1.29, 1.82) is 0 Å². The number of hydrogen-bond acceptors (Lipinski definition) is 4. The highest BCUT2D eigenvalue weighted by Crippen LogP contribution is 2.18. The van der Waals surface area contributed by atoms with E-state index < -0.39 is 5.54 Å². The summed E-state index contributed by atoms with van der Waals surface area (Å²) >= 11 is 0. The normalized spacial score (nSPS) is 16.4. The van der Waals surface area contributed by atoms with Gasteiger partial charge < -0.3 is 15.0 Å². The minimum absolute atomic E-state index is 0.147. The van der Waals surface area contributed by atoms with Gasteiger partial charge in [0, 0.05) is 6.04 Å². The van der Waals surface area contributed by atoms with E-state index in [9.17, 15) is 4.79 Å². The second-order valence-corrected chi connectivity index (χ2v) is 4.86. The van der Waals surface area contributed by atoms with Crippen molar-refractivity contribution in [3.63, 3.8) is 0 Å². The number of likely N-dealkylation sites (N-methyl/N-ethyl adjacent to an activating group) is 1. The van der Waals surface area contributed by atoms with Crippen molar-refractivity contribution in [1.82, 2.24) is 10.2 Å². The molecule has 0 radical (unpaired) electrons. The smallest absolute Gasteiger partial charge is 0.326 e. The number of ether oxygens (including phenoxy) is 1. The predicted molar refractivity (Wildman–Crippen MR) is 75.7 cm³/mol. The Kier molecular flexibility index (Phi) is 8.20. The molecule has 0 aliphatic rings. The molecule has 0 rings (SSSR count). The van der Waals surface area contributed by atoms with E-state index in [0.29, 0.717) is 12.6 Å². The van der Waals surface area contributed by atoms with Crippen LogP contribution in [0.1, 0.15) is 48.0 Å². The molecule has 0 aromatic rings. The molecule has 0 aromatic heterocycles. The third-order valence-electron chi connectivity index (χ3n) is 3.43. The van der Waals surface area contributed by atoms with Crippen LogP contribution >= 0.6 is 0 Å². The molecule has 0 saturated carbocycles. The van der Waals surface area contributed by atoms with Crippen molar-refractivity contribution in [3.8, 4) is 0 Å². The van der Waals surface area contributed by atoms with Crippen LogP contribution in [0.3, 0.4) is 0 Å². The summed E-state index contributed by atoms with van der Waals surface area (Å²) < 4.78 is 5.19. The second-order valence-electron chi connectivity index (χ2n) is 4.86. The molecule has 1 N–H and O–H groups in total. The number of nitrogens with zero attached hydrogens (tertiary/aromatic N) is 1. The summed E-state index contributed by atoms with van der Waals surface area (Å²) in [6.45, 7) is 15.5. The summed E-state index contributed by atoms with van der Waals surface area (Å²) in [5.74, 6) is -0.147. The van der Waals surface area contributed by atoms with Crippen molar-refractivity contribution >= 4 is 5.97 Å². The first-order valence-corrected chi connectivity index (χ1v) is 7.11. The van der Waals surface area contributed by atoms with Gasteiger partial charge in [0.2, 0.25) is 0 Å². The topological polar surface area (TPSA) is 41.6 Å². The van der Waals surface area contributed by atoms with E-state index in [2.05, 4.69) is 31.0 Å². The zero-order valence-electron chi connectivity index (χ0n) is 12.9. The molecule has 0 spiro atoms. The van der Waals surface area contributed by atoms with E-state index in [1.54, 1.807) is 0 Å². The van der Waals surface area contributed by atoms with Gasteiger partial charge in [-0.2, -0.15) is 0 Å². The number of rotatable bonds is 9. The largest absolute Gasteiger partial charge is 0.465 e. The van der Waals surface area contributed by atoms with Gasteiger partial charge in [-0.15, -0.1) is 0 Å². The Morgan fingerprint density at radius 3 is 2.22 bits per heavy atom. The molecule has 0 aromatic carbocycles. The summed E-state index contributed by atoms with van der Waals surface area (Å²) in [6.07, 6.45) is 0.765. The first-order chi connectivity index (χ1) is 8.45. The third kappa shape index (κ3) is 4.94. The molecular formula is C14H30N2O2. The van der Waals surface area contributed by atoms with E-state index >= 15 is 0 Å². The van der Waals surface area contributed by atoms with Gasteiger partial charge in [-0.1, -0.05) is 20.8 Å². The fraction of sp³-hybridized carbons (Fsp3) is 0.929. The molecule has 18 heavy (non-hydrogen) atoms. The van der Waals surface area contributed by atoms with Gasteiger partial charge in [0.25, 0.3) is 0 Å². The van der Waals surface area contributed by atoms with Crippen LogP contribution in [0.15, 0.2) is 0 Å². The molecule has 2 atom stereocenters. The minimum Gasteiger partial charge on any atom is -0.465 e. The zero-order valence-corrected chi connectivity index (χ0v) is 12.9. The van der Waals surface area contributed by atoms with Gasteiger partial charge in [0.15, 0.2) is 0 Å². The number of carbonyl (C=O) groups is 1. The van der Waals surface area contributed by atoms with Crippen LogP contribution < -0.4 is 5.32 Å². The van der Waals surface area contributed by atoms with E-state index in [0.717, 1.165) is 26.1 Å². The maximum Gasteiger partial charge on any atom is 0.326 e. The number of carbonyl (C=O) groups excluding carboxylic acids is 1. The SMILES string of the molecule is CCNC(C)(CC(C)N(CC)CC)C(=O)OCC. The molecule has 4 nitrogen and oxygen atoms in total. The predicted octanol–water partition coefficient (Wildman–Crippen LogP) is 2.04. The summed E-state index contributed by atoms with van der Waals surface area (Å²) in [6, 6.07) is 0.355. The van der Waals surface area contributed by atoms with Crippen molar-refractivity contribution in [3.05, 3.63) is 0 Å². The van der Waals surface area contributed by atoms with Crippen LogP contribution in [0, 0.1) is 0 Å². The molecule has 0 amide bonds. The van der Waals surface area contributed by atoms with Crippen LogP contribution in [0.4, 0.5) is 0 Å². The maximum atomic E-state index is 12.1. The first kappa shape index (κ1) is 17.4. The molecule has 0 saturated heterocycles. The Morgan fingerprint density at radius 2 is 1.83 bits per heavy atom. The Balaban J connectivity index is 4.73. The molecule has 0 aliphatic heterocycles. The summed E-state index contributed by atoms with van der Waals surface area (Å²) in [5, 5.41) is 3.28. The highest BCUT2D eigenvalue weighted by Gasteiger charge is 2.36. The molecule has 0 aliphatic carbocycles. The average Bonchev–Trinajstić information content (AvgIpc) is 2.31. The van der Waals surface area contributed by atoms with Crippen LogP contribution in [0.25, 0.3) is 0 Å². The lowest BCUT2D eigenvalue weighted by atomic mass is 9.92. The maximum absolute atomic E-state index is 12.1. The lowest BCUT2D eigenvalue weighted by Gasteiger charge is -2.35. The monoisotopic (exact) mass is 258 g/mol. The molecule has 0 bridgehead atoms. The van der Waals surface area contributed by atoms with Gasteiger partial charge >= 0.3 is 5.97 Å². The van der Waals surface area contributed by atoms with Crippen LogP contribution in [-0.4, -0.2) is 48.7 Å². The Hall–Kier alpha value is -0.610. The van der Waals surface area contributed by atoms with Crippen molar-refractivity contribution in [2.75, 3.05) is 26.2 Å². The van der Waals surface area contributed by atoms with Gasteiger partial charge in [0.05, 0.1) is 6.61 Å². The highest BCUT2D eigenvalue weighted by atomic mass is 16.5. The van der Waals surface area contributed by atoms with Crippen LogP contribution in [0.5, 0.6) is 0 Å². The Labute approximate surface area is 112 Å². The van der Waals surface area contributed by atoms with Crippen molar-refractivity contribution in [2.45, 2.75) is 59.5 Å². The van der Waals surface area contributed by atoms with Gasteiger partial charge in [-0.25, -0.2) is 0 Å².